The molecular formula is C20H17N3O4. The summed E-state index contributed by atoms with van der Waals surface area (Å²) in [6, 6.07) is 9.17. The smallest absolute Gasteiger partial charge is 0.343 e. The fourth-order valence-corrected chi connectivity index (χ4v) is 4.03. The number of nitrogens with two attached hydrogens (primary N) is 1. The zero-order valence-electron chi connectivity index (χ0n) is 14.7. The number of hydrogen-bond acceptors (Lipinski definition) is 6. The van der Waals surface area contributed by atoms with Gasteiger partial charge in [0.1, 0.15) is 6.61 Å². The van der Waals surface area contributed by atoms with Gasteiger partial charge in [-0.05, 0) is 30.7 Å². The first-order chi connectivity index (χ1) is 12.9. The van der Waals surface area contributed by atoms with Crippen molar-refractivity contribution < 1.29 is 14.6 Å². The average molecular weight is 363 g/mol. The summed E-state index contributed by atoms with van der Waals surface area (Å²) in [7, 11) is 0. The lowest BCUT2D eigenvalue weighted by Gasteiger charge is -2.31. The highest BCUT2D eigenvalue weighted by molar-refractivity contribution is 5.93. The maximum atomic E-state index is 13.1. The largest absolute Gasteiger partial charge is 0.458 e. The van der Waals surface area contributed by atoms with Crippen molar-refractivity contribution in [2.75, 3.05) is 5.73 Å². The summed E-state index contributed by atoms with van der Waals surface area (Å²) < 4.78 is 6.68. The third-order valence-electron chi connectivity index (χ3n) is 5.59. The number of carbonyl (C=O) groups is 1. The van der Waals surface area contributed by atoms with Crippen LogP contribution in [0.2, 0.25) is 0 Å². The molecule has 5 rings (SSSR count). The molecule has 3 aromatic rings. The van der Waals surface area contributed by atoms with Crippen LogP contribution in [0, 0.1) is 0 Å². The van der Waals surface area contributed by atoms with Crippen LogP contribution in [-0.2, 0) is 28.3 Å². The third kappa shape index (κ3) is 1.97. The van der Waals surface area contributed by atoms with Crippen molar-refractivity contribution in [3.63, 3.8) is 0 Å². The molecule has 0 saturated carbocycles. The lowest BCUT2D eigenvalue weighted by Crippen LogP contribution is -2.44. The van der Waals surface area contributed by atoms with Crippen LogP contribution in [-0.4, -0.2) is 20.6 Å². The van der Waals surface area contributed by atoms with Crippen LogP contribution in [0.15, 0.2) is 35.1 Å². The minimum atomic E-state index is -1.81. The first-order valence-corrected chi connectivity index (χ1v) is 8.79. The lowest BCUT2D eigenvalue weighted by atomic mass is 9.86. The van der Waals surface area contributed by atoms with Crippen LogP contribution in [0.3, 0.4) is 0 Å². The van der Waals surface area contributed by atoms with Crippen molar-refractivity contribution in [1.82, 2.24) is 9.55 Å². The van der Waals surface area contributed by atoms with Crippen molar-refractivity contribution in [3.8, 4) is 11.4 Å². The first kappa shape index (κ1) is 16.0. The number of cyclic esters (lactones) is 1. The molecule has 2 aromatic heterocycles. The van der Waals surface area contributed by atoms with Gasteiger partial charge in [0.25, 0.3) is 5.56 Å². The quantitative estimate of drug-likeness (QED) is 0.393. The number of hydrogen-bond donors (Lipinski definition) is 2. The number of carbonyl (C=O) groups excluding carboxylic acids is 1. The second kappa shape index (κ2) is 5.17. The molecule has 27 heavy (non-hydrogen) atoms. The Labute approximate surface area is 154 Å². The van der Waals surface area contributed by atoms with Crippen LogP contribution in [0.5, 0.6) is 0 Å². The van der Waals surface area contributed by atoms with Gasteiger partial charge in [-0.2, -0.15) is 0 Å². The van der Waals surface area contributed by atoms with Crippen molar-refractivity contribution in [1.29, 1.82) is 0 Å². The monoisotopic (exact) mass is 363 g/mol. The van der Waals surface area contributed by atoms with Gasteiger partial charge in [0.05, 0.1) is 29.0 Å². The Bertz CT molecular complexity index is 1210. The molecule has 0 amide bonds. The van der Waals surface area contributed by atoms with Crippen molar-refractivity contribution in [3.05, 3.63) is 57.4 Å². The molecule has 2 aliphatic rings. The highest BCUT2D eigenvalue weighted by Crippen LogP contribution is 2.38. The molecular weight excluding hydrogens is 346 g/mol. The molecule has 0 fully saturated rings. The van der Waals surface area contributed by atoms with E-state index in [0.29, 0.717) is 34.7 Å². The van der Waals surface area contributed by atoms with Gasteiger partial charge < -0.3 is 20.1 Å². The number of aromatic nitrogens is 2. The summed E-state index contributed by atoms with van der Waals surface area (Å²) >= 11 is 0. The molecule has 7 heteroatoms. The van der Waals surface area contributed by atoms with E-state index in [1.165, 1.54) is 0 Å². The number of fused-ring (bicyclic) bond motifs is 5. The Morgan fingerprint density at radius 2 is 2.15 bits per heavy atom. The minimum Gasteiger partial charge on any atom is -0.458 e. The Morgan fingerprint density at radius 1 is 1.33 bits per heavy atom. The molecule has 1 atom stereocenters. The maximum Gasteiger partial charge on any atom is 0.343 e. The topological polar surface area (TPSA) is 107 Å². The molecule has 3 N–H and O–H groups in total. The fourth-order valence-electron chi connectivity index (χ4n) is 4.03. The molecule has 0 spiro atoms. The number of rotatable bonds is 1. The zero-order chi connectivity index (χ0) is 18.9. The summed E-state index contributed by atoms with van der Waals surface area (Å²) in [4.78, 5) is 29.9. The second-order valence-electron chi connectivity index (χ2n) is 7.01. The van der Waals surface area contributed by atoms with E-state index < -0.39 is 11.6 Å². The summed E-state index contributed by atoms with van der Waals surface area (Å²) in [6.07, 6.45) is 0.121. The molecule has 0 radical (unpaired) electrons. The summed E-state index contributed by atoms with van der Waals surface area (Å²) in [5.74, 6) is -0.723. The highest BCUT2D eigenvalue weighted by Gasteiger charge is 2.45. The van der Waals surface area contributed by atoms with Gasteiger partial charge in [-0.3, -0.25) is 4.79 Å². The third-order valence-corrected chi connectivity index (χ3v) is 5.59. The molecule has 0 bridgehead atoms. The van der Waals surface area contributed by atoms with Crippen molar-refractivity contribution >= 4 is 22.6 Å². The van der Waals surface area contributed by atoms with E-state index in [9.17, 15) is 14.7 Å². The number of ether oxygens (including phenoxy) is 1. The predicted molar refractivity (Wildman–Crippen MR) is 98.9 cm³/mol. The predicted octanol–water partition coefficient (Wildman–Crippen LogP) is 1.66. The van der Waals surface area contributed by atoms with E-state index in [4.69, 9.17) is 15.5 Å². The van der Waals surface area contributed by atoms with Crippen LogP contribution in [0.25, 0.3) is 22.3 Å². The fraction of sp³-hybridized carbons (Fsp3) is 0.250. The molecule has 0 aliphatic carbocycles. The Morgan fingerprint density at radius 3 is 2.93 bits per heavy atom. The standard InChI is InChI=1S/C20H17N3O4/c1-2-20(26)13-7-16-17-10(6-11-14(21)4-3-5-15(11)22-17)8-23(16)18(24)12(13)9-27-19(20)25/h3-7,26H,2,8-9,21H2,1H3/t20-/m1/s1. The van der Waals surface area contributed by atoms with E-state index in [1.807, 2.05) is 24.3 Å². The van der Waals surface area contributed by atoms with E-state index in [2.05, 4.69) is 0 Å². The number of anilines is 1. The first-order valence-electron chi connectivity index (χ1n) is 8.79. The Kier molecular flexibility index (Phi) is 3.07. The summed E-state index contributed by atoms with van der Waals surface area (Å²) in [5, 5.41) is 11.7. The Hall–Kier alpha value is -3.19. The van der Waals surface area contributed by atoms with Crippen molar-refractivity contribution in [2.24, 2.45) is 0 Å². The normalized spacial score (nSPS) is 20.1. The van der Waals surface area contributed by atoms with Gasteiger partial charge in [0, 0.05) is 22.2 Å². The van der Waals surface area contributed by atoms with Gasteiger partial charge in [-0.25, -0.2) is 9.78 Å². The molecule has 1 aromatic carbocycles. The zero-order valence-corrected chi connectivity index (χ0v) is 14.7. The average Bonchev–Trinajstić information content (AvgIpc) is 3.02. The van der Waals surface area contributed by atoms with Gasteiger partial charge in [-0.15, -0.1) is 0 Å². The van der Waals surface area contributed by atoms with Crippen LogP contribution >= 0.6 is 0 Å². The number of esters is 1. The number of pyridine rings is 2. The van der Waals surface area contributed by atoms with Gasteiger partial charge in [-0.1, -0.05) is 13.0 Å². The minimum absolute atomic E-state index is 0.121. The van der Waals surface area contributed by atoms with E-state index >= 15 is 0 Å². The molecule has 4 heterocycles. The molecule has 0 saturated heterocycles. The highest BCUT2D eigenvalue weighted by atomic mass is 16.6. The maximum absolute atomic E-state index is 13.1. The van der Waals surface area contributed by atoms with Crippen LogP contribution in [0.4, 0.5) is 5.69 Å². The lowest BCUT2D eigenvalue weighted by molar-refractivity contribution is -0.172. The van der Waals surface area contributed by atoms with E-state index in [0.717, 1.165) is 16.5 Å². The second-order valence-corrected chi connectivity index (χ2v) is 7.01. The van der Waals surface area contributed by atoms with Gasteiger partial charge >= 0.3 is 5.97 Å². The van der Waals surface area contributed by atoms with Gasteiger partial charge in [0.2, 0.25) is 0 Å². The summed E-state index contributed by atoms with van der Waals surface area (Å²) in [5.41, 5.74) is 8.13. The van der Waals surface area contributed by atoms with Crippen LogP contribution in [0.1, 0.15) is 30.0 Å². The van der Waals surface area contributed by atoms with Gasteiger partial charge in [0.15, 0.2) is 5.60 Å². The molecule has 2 aliphatic heterocycles. The van der Waals surface area contributed by atoms with Crippen LogP contribution < -0.4 is 11.3 Å². The number of benzene rings is 1. The number of nitrogen functional groups attached to an aromatic ring is 1. The van der Waals surface area contributed by atoms with E-state index in [-0.39, 0.29) is 18.6 Å². The number of nitrogens with zero attached hydrogens (tertiary/aromatic N) is 2. The number of aliphatic hydroxyl groups is 1. The SMILES string of the molecule is CC[C@]1(O)C(=O)OCc2c1cc1n(c2=O)Cc2cc3c(N)cccc3nc2-1. The Balaban J connectivity index is 1.81. The van der Waals surface area contributed by atoms with Crippen molar-refractivity contribution in [2.45, 2.75) is 32.1 Å². The van der Waals surface area contributed by atoms with E-state index in [1.54, 1.807) is 17.6 Å². The molecule has 136 valence electrons. The molecule has 0 unspecified atom stereocenters. The molecule has 7 nitrogen and oxygen atoms in total. The summed E-state index contributed by atoms with van der Waals surface area (Å²) in [6.45, 7) is 1.92.